The fourth-order valence-electron chi connectivity index (χ4n) is 1.50. The lowest BCUT2D eigenvalue weighted by Crippen LogP contribution is -2.00. The Labute approximate surface area is 102 Å². The molecule has 0 aliphatic rings. The summed E-state index contributed by atoms with van der Waals surface area (Å²) in [6, 6.07) is 7.05. The number of aliphatic hydroxyl groups excluding tert-OH is 1. The van der Waals surface area contributed by atoms with E-state index in [9.17, 15) is 0 Å². The molecule has 1 aromatic rings. The van der Waals surface area contributed by atoms with Crippen molar-refractivity contribution in [1.82, 2.24) is 0 Å². The molecule has 0 radical (unpaired) electrons. The van der Waals surface area contributed by atoms with Gasteiger partial charge >= 0.3 is 0 Å². The van der Waals surface area contributed by atoms with E-state index in [0.29, 0.717) is 23.6 Å². The monoisotopic (exact) mass is 234 g/mol. The lowest BCUT2D eigenvalue weighted by atomic mass is 10.2. The number of nitrogen functional groups attached to an aromatic ring is 1. The topological polar surface area (TPSA) is 79.3 Å². The maximum absolute atomic E-state index is 8.68. The van der Waals surface area contributed by atoms with Crippen LogP contribution >= 0.6 is 0 Å². The van der Waals surface area contributed by atoms with E-state index in [2.05, 4.69) is 0 Å². The normalized spacial score (nSPS) is 9.88. The van der Waals surface area contributed by atoms with Crippen molar-refractivity contribution in [1.29, 1.82) is 5.26 Å². The summed E-state index contributed by atoms with van der Waals surface area (Å²) < 4.78 is 5.52. The van der Waals surface area contributed by atoms with Crippen LogP contribution in [0.1, 0.15) is 31.2 Å². The van der Waals surface area contributed by atoms with Crippen molar-refractivity contribution in [2.75, 3.05) is 18.9 Å². The van der Waals surface area contributed by atoms with Gasteiger partial charge in [-0.15, -0.1) is 0 Å². The molecule has 92 valence electrons. The Morgan fingerprint density at radius 1 is 1.24 bits per heavy atom. The number of rotatable bonds is 7. The fourth-order valence-corrected chi connectivity index (χ4v) is 1.50. The van der Waals surface area contributed by atoms with Crippen LogP contribution in [0.5, 0.6) is 5.75 Å². The van der Waals surface area contributed by atoms with Gasteiger partial charge in [0.05, 0.1) is 23.9 Å². The molecule has 0 spiro atoms. The van der Waals surface area contributed by atoms with Crippen LogP contribution in [-0.4, -0.2) is 18.3 Å². The zero-order valence-electron chi connectivity index (χ0n) is 9.85. The Morgan fingerprint density at radius 2 is 2.00 bits per heavy atom. The lowest BCUT2D eigenvalue weighted by Gasteiger charge is -2.08. The van der Waals surface area contributed by atoms with Gasteiger partial charge in [-0.3, -0.25) is 0 Å². The molecule has 0 fully saturated rings. The first-order valence-corrected chi connectivity index (χ1v) is 5.81. The summed E-state index contributed by atoms with van der Waals surface area (Å²) in [6.45, 7) is 0.866. The van der Waals surface area contributed by atoms with Gasteiger partial charge in [0.25, 0.3) is 0 Å². The Balaban J connectivity index is 2.30. The van der Waals surface area contributed by atoms with Gasteiger partial charge in [0.2, 0.25) is 0 Å². The van der Waals surface area contributed by atoms with Gasteiger partial charge in [-0.05, 0) is 37.5 Å². The maximum Gasteiger partial charge on any atom is 0.142 e. The number of nitriles is 1. The van der Waals surface area contributed by atoms with Crippen molar-refractivity contribution in [3.05, 3.63) is 23.8 Å². The molecule has 0 aromatic heterocycles. The predicted molar refractivity (Wildman–Crippen MR) is 66.6 cm³/mol. The van der Waals surface area contributed by atoms with Gasteiger partial charge in [0.15, 0.2) is 0 Å². The van der Waals surface area contributed by atoms with Crippen LogP contribution in [0.3, 0.4) is 0 Å². The van der Waals surface area contributed by atoms with E-state index in [1.54, 1.807) is 18.2 Å². The van der Waals surface area contributed by atoms with Crippen molar-refractivity contribution in [2.45, 2.75) is 25.7 Å². The summed E-state index contributed by atoms with van der Waals surface area (Å²) in [5, 5.41) is 17.3. The molecule has 0 unspecified atom stereocenters. The molecular weight excluding hydrogens is 216 g/mol. The van der Waals surface area contributed by atoms with E-state index in [1.165, 1.54) is 0 Å². The van der Waals surface area contributed by atoms with Gasteiger partial charge in [0, 0.05) is 6.61 Å². The molecule has 4 heteroatoms. The molecule has 3 N–H and O–H groups in total. The second kappa shape index (κ2) is 7.53. The first-order chi connectivity index (χ1) is 8.27. The van der Waals surface area contributed by atoms with Gasteiger partial charge in [-0.1, -0.05) is 6.42 Å². The smallest absolute Gasteiger partial charge is 0.142 e. The van der Waals surface area contributed by atoms with E-state index in [0.717, 1.165) is 25.7 Å². The number of aliphatic hydroxyl groups is 1. The highest BCUT2D eigenvalue weighted by Gasteiger charge is 2.01. The van der Waals surface area contributed by atoms with Crippen LogP contribution in [0.15, 0.2) is 18.2 Å². The highest BCUT2D eigenvalue weighted by molar-refractivity contribution is 5.56. The molecule has 0 amide bonds. The molecule has 0 aliphatic carbocycles. The summed E-state index contributed by atoms with van der Waals surface area (Å²) in [6.07, 6.45) is 3.85. The van der Waals surface area contributed by atoms with E-state index >= 15 is 0 Å². The minimum absolute atomic E-state index is 0.253. The average molecular weight is 234 g/mol. The third kappa shape index (κ3) is 4.75. The molecule has 0 aliphatic heterocycles. The fraction of sp³-hybridized carbons (Fsp3) is 0.462. The first kappa shape index (κ1) is 13.3. The number of anilines is 1. The highest BCUT2D eigenvalue weighted by Crippen LogP contribution is 2.22. The molecule has 1 rings (SSSR count). The predicted octanol–water partition coefficient (Wildman–Crippen LogP) is 2.07. The first-order valence-electron chi connectivity index (χ1n) is 5.81. The van der Waals surface area contributed by atoms with Crippen LogP contribution in [0.4, 0.5) is 5.69 Å². The zero-order valence-corrected chi connectivity index (χ0v) is 9.85. The third-order valence-electron chi connectivity index (χ3n) is 2.45. The van der Waals surface area contributed by atoms with Crippen LogP contribution < -0.4 is 10.5 Å². The molecule has 0 heterocycles. The van der Waals surface area contributed by atoms with Crippen LogP contribution in [0, 0.1) is 11.3 Å². The number of unbranched alkanes of at least 4 members (excludes halogenated alkanes) is 3. The van der Waals surface area contributed by atoms with Crippen molar-refractivity contribution >= 4 is 5.69 Å². The molecule has 4 nitrogen and oxygen atoms in total. The largest absolute Gasteiger partial charge is 0.491 e. The highest BCUT2D eigenvalue weighted by atomic mass is 16.5. The Kier molecular flexibility index (Phi) is 5.91. The molecule has 17 heavy (non-hydrogen) atoms. The quantitative estimate of drug-likeness (QED) is 0.559. The molecule has 0 bridgehead atoms. The molecule has 0 saturated carbocycles. The van der Waals surface area contributed by atoms with E-state index in [-0.39, 0.29) is 6.61 Å². The molecular formula is C13H18N2O2. The Bertz CT molecular complexity index is 385. The standard InChI is InChI=1S/C13H18N2O2/c14-10-11-5-6-13(12(15)9-11)17-8-4-2-1-3-7-16/h5-6,9,16H,1-4,7-8,15H2. The molecule has 0 saturated heterocycles. The Morgan fingerprint density at radius 3 is 2.65 bits per heavy atom. The number of hydrogen-bond donors (Lipinski definition) is 2. The average Bonchev–Trinajstić information content (AvgIpc) is 2.35. The summed E-state index contributed by atoms with van der Waals surface area (Å²) >= 11 is 0. The van der Waals surface area contributed by atoms with Gasteiger partial charge in [-0.25, -0.2) is 0 Å². The van der Waals surface area contributed by atoms with E-state index < -0.39 is 0 Å². The number of nitrogens with two attached hydrogens (primary N) is 1. The van der Waals surface area contributed by atoms with Gasteiger partial charge < -0.3 is 15.6 Å². The van der Waals surface area contributed by atoms with Crippen molar-refractivity contribution in [3.8, 4) is 11.8 Å². The van der Waals surface area contributed by atoms with Crippen molar-refractivity contribution < 1.29 is 9.84 Å². The second-order valence-corrected chi connectivity index (χ2v) is 3.85. The summed E-state index contributed by atoms with van der Waals surface area (Å²) in [4.78, 5) is 0. The minimum Gasteiger partial charge on any atom is -0.491 e. The Hall–Kier alpha value is -1.73. The molecule has 1 aromatic carbocycles. The summed E-state index contributed by atoms with van der Waals surface area (Å²) in [5.41, 5.74) is 6.79. The third-order valence-corrected chi connectivity index (χ3v) is 2.45. The number of hydrogen-bond acceptors (Lipinski definition) is 4. The summed E-state index contributed by atoms with van der Waals surface area (Å²) in [5.74, 6) is 0.631. The van der Waals surface area contributed by atoms with Crippen molar-refractivity contribution in [3.63, 3.8) is 0 Å². The zero-order chi connectivity index (χ0) is 12.5. The van der Waals surface area contributed by atoms with Crippen LogP contribution in [0.25, 0.3) is 0 Å². The summed E-state index contributed by atoms with van der Waals surface area (Å²) in [7, 11) is 0. The minimum atomic E-state index is 0.253. The van der Waals surface area contributed by atoms with Crippen LogP contribution in [0.2, 0.25) is 0 Å². The number of ether oxygens (including phenoxy) is 1. The van der Waals surface area contributed by atoms with Crippen LogP contribution in [-0.2, 0) is 0 Å². The van der Waals surface area contributed by atoms with E-state index in [4.69, 9.17) is 20.8 Å². The maximum atomic E-state index is 8.68. The van der Waals surface area contributed by atoms with Crippen molar-refractivity contribution in [2.24, 2.45) is 0 Å². The second-order valence-electron chi connectivity index (χ2n) is 3.85. The molecule has 0 atom stereocenters. The number of benzene rings is 1. The number of nitrogens with zero attached hydrogens (tertiary/aromatic N) is 1. The van der Waals surface area contributed by atoms with E-state index in [1.807, 2.05) is 6.07 Å². The van der Waals surface area contributed by atoms with Gasteiger partial charge in [-0.2, -0.15) is 5.26 Å². The van der Waals surface area contributed by atoms with Gasteiger partial charge in [0.1, 0.15) is 5.75 Å². The SMILES string of the molecule is N#Cc1ccc(OCCCCCCO)c(N)c1. The lowest BCUT2D eigenvalue weighted by molar-refractivity contribution is 0.274.